The van der Waals surface area contributed by atoms with Gasteiger partial charge in [0, 0.05) is 36.1 Å². The van der Waals surface area contributed by atoms with E-state index in [1.54, 1.807) is 6.92 Å². The minimum atomic E-state index is -1.93. The van der Waals surface area contributed by atoms with Gasteiger partial charge in [-0.25, -0.2) is 0 Å². The molecule has 3 saturated heterocycles. The molecule has 0 saturated carbocycles. The summed E-state index contributed by atoms with van der Waals surface area (Å²) < 4.78 is 0. The van der Waals surface area contributed by atoms with Crippen LogP contribution in [-0.4, -0.2) is 220 Å². The molecule has 452 valence electrons. The normalized spacial score (nSPS) is 26.9. The first kappa shape index (κ1) is 68.4. The van der Waals surface area contributed by atoms with E-state index < -0.39 is 187 Å². The number of guanidine groups is 1. The molecule has 0 aliphatic carbocycles. The fraction of sp³-hybridized carbons (Fsp3) is 0.659. The van der Waals surface area contributed by atoms with Gasteiger partial charge in [-0.2, -0.15) is 0 Å². The summed E-state index contributed by atoms with van der Waals surface area (Å²) in [5.74, 6) is -17.0. The van der Waals surface area contributed by atoms with Crippen LogP contribution < -0.4 is 81.8 Å². The van der Waals surface area contributed by atoms with Gasteiger partial charge in [0.15, 0.2) is 5.96 Å². The number of carbonyl (C=O) groups is 14. The van der Waals surface area contributed by atoms with E-state index in [1.807, 2.05) is 0 Å². The summed E-state index contributed by atoms with van der Waals surface area (Å²) in [6, 6.07) is -16.3. The maximum atomic E-state index is 14.5. The van der Waals surface area contributed by atoms with Gasteiger partial charge >= 0.3 is 5.97 Å². The first-order valence-electron chi connectivity index (χ1n) is 25.3. The number of amides is 13. The number of nitrogens with one attached hydrogen (secondary N) is 10. The van der Waals surface area contributed by atoms with Gasteiger partial charge in [-0.1, -0.05) is 62.9 Å². The number of nitrogens with zero attached hydrogens (tertiary/aromatic N) is 2. The number of aliphatic hydroxyl groups excluding tert-OH is 1. The second kappa shape index (κ2) is 35.1. The Labute approximate surface area is 479 Å². The van der Waals surface area contributed by atoms with E-state index in [0.717, 1.165) is 48.1 Å². The number of unbranched alkanes of at least 4 members (excludes halogenated alkanes) is 1. The molecule has 0 aromatic heterocycles. The van der Waals surface area contributed by atoms with Crippen LogP contribution in [0.5, 0.6) is 0 Å². The van der Waals surface area contributed by atoms with Gasteiger partial charge in [0.2, 0.25) is 76.8 Å². The molecular formula is C44H71N17O16S4. The molecule has 2 bridgehead atoms. The van der Waals surface area contributed by atoms with Crippen molar-refractivity contribution in [3.05, 3.63) is 0 Å². The summed E-state index contributed by atoms with van der Waals surface area (Å²) in [5.41, 5.74) is 27.7. The van der Waals surface area contributed by atoms with Crippen molar-refractivity contribution in [1.82, 2.24) is 58.1 Å². The van der Waals surface area contributed by atoms with E-state index in [9.17, 15) is 77.3 Å². The monoisotopic (exact) mass is 1220 g/mol. The number of carbonyl (C=O) groups excluding carboxylic acids is 13. The predicted molar refractivity (Wildman–Crippen MR) is 296 cm³/mol. The van der Waals surface area contributed by atoms with Crippen LogP contribution in [0.4, 0.5) is 0 Å². The Morgan fingerprint density at radius 2 is 1.19 bits per heavy atom. The van der Waals surface area contributed by atoms with E-state index in [4.69, 9.17) is 28.7 Å². The fourth-order valence-electron chi connectivity index (χ4n) is 7.83. The van der Waals surface area contributed by atoms with Gasteiger partial charge in [-0.3, -0.25) is 72.1 Å². The van der Waals surface area contributed by atoms with E-state index in [-0.39, 0.29) is 62.7 Å². The number of carboxylic acid groups (broad SMARTS) is 1. The van der Waals surface area contributed by atoms with Crippen molar-refractivity contribution < 1.29 is 77.3 Å². The maximum absolute atomic E-state index is 14.5. The minimum Gasteiger partial charge on any atom is -0.481 e. The van der Waals surface area contributed by atoms with Crippen molar-refractivity contribution in [2.75, 3.05) is 55.8 Å². The van der Waals surface area contributed by atoms with Crippen LogP contribution in [0.3, 0.4) is 0 Å². The first-order chi connectivity index (χ1) is 38.4. The van der Waals surface area contributed by atoms with E-state index in [2.05, 4.69) is 58.2 Å². The van der Waals surface area contributed by atoms with Crippen LogP contribution in [0.2, 0.25) is 0 Å². The Balaban J connectivity index is 2.31. The second-order valence-electron chi connectivity index (χ2n) is 18.4. The number of nitrogens with two attached hydrogens (primary N) is 5. The Morgan fingerprint density at radius 3 is 1.78 bits per heavy atom. The highest BCUT2D eigenvalue weighted by atomic mass is 33.1. The highest BCUT2D eigenvalue weighted by Crippen LogP contribution is 2.26. The number of carboxylic acids is 1. The molecule has 0 unspecified atom stereocenters. The van der Waals surface area contributed by atoms with Crippen LogP contribution in [0, 0.1) is 0 Å². The van der Waals surface area contributed by atoms with Crippen LogP contribution in [-0.2, 0) is 67.1 Å². The molecule has 0 radical (unpaired) electrons. The number of primary amides is 2. The molecule has 22 N–H and O–H groups in total. The molecule has 81 heavy (non-hydrogen) atoms. The van der Waals surface area contributed by atoms with E-state index in [1.165, 1.54) is 0 Å². The Morgan fingerprint density at radius 1 is 0.642 bits per heavy atom. The first-order valence-corrected chi connectivity index (χ1v) is 30.3. The topological polar surface area (TPSA) is 545 Å². The fourth-order valence-corrected chi connectivity index (χ4v) is 12.5. The summed E-state index contributed by atoms with van der Waals surface area (Å²) in [5, 5.41) is 44.2. The zero-order valence-electron chi connectivity index (χ0n) is 44.0. The lowest BCUT2D eigenvalue weighted by Gasteiger charge is -2.30. The largest absolute Gasteiger partial charge is 0.481 e. The number of aliphatic carboxylic acids is 1. The van der Waals surface area contributed by atoms with Crippen molar-refractivity contribution in [3.63, 3.8) is 0 Å². The molecule has 33 nitrogen and oxygen atoms in total. The molecule has 10 atom stereocenters. The maximum Gasteiger partial charge on any atom is 0.305 e. The summed E-state index contributed by atoms with van der Waals surface area (Å²) >= 11 is 0. The zero-order valence-corrected chi connectivity index (χ0v) is 47.3. The third kappa shape index (κ3) is 23.7. The lowest BCUT2D eigenvalue weighted by atomic mass is 10.1. The van der Waals surface area contributed by atoms with Gasteiger partial charge in [0.25, 0.3) is 0 Å². The van der Waals surface area contributed by atoms with E-state index in [0.29, 0.717) is 12.8 Å². The predicted octanol–water partition coefficient (Wildman–Crippen LogP) is -8.72. The quantitative estimate of drug-likeness (QED) is 0.0313. The number of aliphatic hydroxyl groups is 1. The molecule has 0 spiro atoms. The molecule has 3 rings (SSSR count). The number of fused-ring (bicyclic) bond motifs is 9. The highest BCUT2D eigenvalue weighted by Gasteiger charge is 2.41. The Kier molecular flexibility index (Phi) is 29.7. The van der Waals surface area contributed by atoms with Crippen LogP contribution in [0.25, 0.3) is 0 Å². The Hall–Kier alpha value is -6.83. The number of hydrogen-bond donors (Lipinski definition) is 17. The molecular weight excluding hydrogens is 1150 g/mol. The third-order valence-corrected chi connectivity index (χ3v) is 16.9. The summed E-state index contributed by atoms with van der Waals surface area (Å²) in [4.78, 5) is 195. The van der Waals surface area contributed by atoms with Crippen LogP contribution in [0.15, 0.2) is 4.99 Å². The Bertz CT molecular complexity index is 2360. The summed E-state index contributed by atoms with van der Waals surface area (Å²) in [6.45, 7) is -0.985. The molecule has 3 aliphatic heterocycles. The number of hydrogen-bond acceptors (Lipinski definition) is 21. The molecule has 0 aromatic rings. The smallest absolute Gasteiger partial charge is 0.305 e. The molecule has 37 heteroatoms. The average Bonchev–Trinajstić information content (AvgIpc) is 3.93. The van der Waals surface area contributed by atoms with Crippen molar-refractivity contribution in [2.24, 2.45) is 33.7 Å². The van der Waals surface area contributed by atoms with Crippen molar-refractivity contribution in [2.45, 2.75) is 125 Å². The van der Waals surface area contributed by atoms with Crippen molar-refractivity contribution >= 4 is 132 Å². The molecule has 3 heterocycles. The third-order valence-electron chi connectivity index (χ3n) is 12.1. The number of rotatable bonds is 15. The SMILES string of the molecule is CCCC[C@@H]1NC(=O)[C@H](CC(N)=O)NC(=O)[C@@H]2CSSC[C@H](NC(=O)CN)C(=O)N[C@@H](CSSC[C@@H](C(N)=O)NC(=O)CNC1=O)C(=O)N[C@@H](CO)C(=O)N[C@@H](CC(=O)O)C(=O)N1CCC[C@H]1C(=O)N[C@@H](CCCN=C(N)N)C(=O)N2. The van der Waals surface area contributed by atoms with Gasteiger partial charge in [0.1, 0.15) is 60.4 Å². The van der Waals surface area contributed by atoms with Crippen molar-refractivity contribution in [3.8, 4) is 0 Å². The average molecular weight is 1220 g/mol. The summed E-state index contributed by atoms with van der Waals surface area (Å²) in [6.07, 6.45) is -1.14. The van der Waals surface area contributed by atoms with E-state index >= 15 is 0 Å². The van der Waals surface area contributed by atoms with Gasteiger partial charge in [0.05, 0.1) is 32.5 Å². The highest BCUT2D eigenvalue weighted by molar-refractivity contribution is 8.77. The second-order valence-corrected chi connectivity index (χ2v) is 23.5. The van der Waals surface area contributed by atoms with Gasteiger partial charge in [-0.05, 0) is 32.1 Å². The zero-order chi connectivity index (χ0) is 60.3. The van der Waals surface area contributed by atoms with Gasteiger partial charge in [-0.15, -0.1) is 0 Å². The number of aliphatic imine (C=N–C) groups is 1. The standard InChI is InChI=1S/C44H71N17O16S4/c1-2-3-6-20-35(69)51-14-32(65)52-25(34(47)68)16-78-80-19-28-41(75)58-24(15-62)38(72)57-23(12-33(66)67)43(77)61-10-5-8-29(61)42(76)55-21(7-4-9-50-44(48)49)36(70)59-27(40(74)56-22(11-30(46)63)37(71)54-20)18-81-79-17-26(39(73)60-28)53-31(64)13-45/h20-29,62H,2-19,45H2,1H3,(H2,46,63)(H2,47,68)(H,51,69)(H,52,65)(H,53,64)(H,54,71)(H,55,76)(H,56,74)(H,57,72)(H,58,75)(H,59,70)(H,60,73)(H,66,67)(H4,48,49,50)/t20-,21-,22-,23-,24-,25-,26-,27-,28-,29-/m0/s1. The molecule has 0 aromatic carbocycles. The van der Waals surface area contributed by atoms with Crippen molar-refractivity contribution in [1.29, 1.82) is 0 Å². The van der Waals surface area contributed by atoms with Crippen LogP contribution in [0.1, 0.15) is 64.7 Å². The van der Waals surface area contributed by atoms with Crippen LogP contribution >= 0.6 is 43.2 Å². The molecule has 3 aliphatic rings. The lowest BCUT2D eigenvalue weighted by molar-refractivity contribution is -0.146. The molecule has 13 amide bonds. The summed E-state index contributed by atoms with van der Waals surface area (Å²) in [7, 11) is 3.36. The van der Waals surface area contributed by atoms with Gasteiger partial charge < -0.3 is 96.9 Å². The molecule has 3 fully saturated rings. The lowest BCUT2D eigenvalue weighted by Crippen LogP contribution is -2.61. The minimum absolute atomic E-state index is 0.0137.